The molecule has 0 aliphatic carbocycles. The summed E-state index contributed by atoms with van der Waals surface area (Å²) in [4.78, 5) is 15.8. The van der Waals surface area contributed by atoms with Gasteiger partial charge in [0.2, 0.25) is 0 Å². The van der Waals surface area contributed by atoms with Crippen LogP contribution in [0.2, 0.25) is 0 Å². The standard InChI is InChI=1S/C13H14FN3OS/c1-13(2,9-3-5-10(14)6-4-9)17-11(18)16-12-15-7-8-19-12/h3-8H,1-2H3,(H2,15,16,17,18). The molecule has 0 fully saturated rings. The molecule has 2 amide bonds. The van der Waals surface area contributed by atoms with Crippen LogP contribution >= 0.6 is 11.3 Å². The Hall–Kier alpha value is -1.95. The van der Waals surface area contributed by atoms with Gasteiger partial charge in [0.25, 0.3) is 0 Å². The second-order valence-corrected chi connectivity index (χ2v) is 5.44. The van der Waals surface area contributed by atoms with Crippen molar-refractivity contribution in [3.8, 4) is 0 Å². The molecular formula is C13H14FN3OS. The van der Waals surface area contributed by atoms with E-state index in [1.807, 2.05) is 13.8 Å². The number of anilines is 1. The molecule has 19 heavy (non-hydrogen) atoms. The quantitative estimate of drug-likeness (QED) is 0.905. The van der Waals surface area contributed by atoms with Crippen LogP contribution in [0, 0.1) is 5.82 Å². The predicted octanol–water partition coefficient (Wildman–Crippen LogP) is 3.34. The number of hydrogen-bond acceptors (Lipinski definition) is 3. The Balaban J connectivity index is 2.04. The van der Waals surface area contributed by atoms with Crippen LogP contribution in [0.5, 0.6) is 0 Å². The summed E-state index contributed by atoms with van der Waals surface area (Å²) >= 11 is 1.34. The Bertz CT molecular complexity index is 552. The molecule has 2 aromatic rings. The minimum absolute atomic E-state index is 0.299. The molecule has 0 spiro atoms. The molecule has 1 aromatic heterocycles. The smallest absolute Gasteiger partial charge is 0.321 e. The summed E-state index contributed by atoms with van der Waals surface area (Å²) < 4.78 is 12.9. The van der Waals surface area contributed by atoms with Crippen LogP contribution in [-0.2, 0) is 5.54 Å². The molecule has 0 atom stereocenters. The molecule has 0 saturated heterocycles. The van der Waals surface area contributed by atoms with E-state index in [9.17, 15) is 9.18 Å². The Morgan fingerprint density at radius 1 is 1.32 bits per heavy atom. The zero-order chi connectivity index (χ0) is 13.9. The van der Waals surface area contributed by atoms with E-state index in [1.165, 1.54) is 23.5 Å². The van der Waals surface area contributed by atoms with Crippen molar-refractivity contribution in [2.45, 2.75) is 19.4 Å². The molecule has 2 rings (SSSR count). The number of thiazole rings is 1. The van der Waals surface area contributed by atoms with Crippen molar-refractivity contribution in [3.63, 3.8) is 0 Å². The summed E-state index contributed by atoms with van der Waals surface area (Å²) in [5.74, 6) is -0.299. The van der Waals surface area contributed by atoms with Crippen molar-refractivity contribution >= 4 is 22.5 Å². The monoisotopic (exact) mass is 279 g/mol. The zero-order valence-electron chi connectivity index (χ0n) is 10.6. The van der Waals surface area contributed by atoms with Gasteiger partial charge in [-0.3, -0.25) is 5.32 Å². The molecule has 0 unspecified atom stereocenters. The Labute approximate surface area is 114 Å². The van der Waals surface area contributed by atoms with E-state index in [0.29, 0.717) is 5.13 Å². The fourth-order valence-corrected chi connectivity index (χ4v) is 2.16. The van der Waals surface area contributed by atoms with Gasteiger partial charge in [-0.25, -0.2) is 14.2 Å². The molecule has 100 valence electrons. The largest absolute Gasteiger partial charge is 0.329 e. The number of amides is 2. The molecule has 1 heterocycles. The van der Waals surface area contributed by atoms with Gasteiger partial charge in [-0.1, -0.05) is 12.1 Å². The number of aromatic nitrogens is 1. The zero-order valence-corrected chi connectivity index (χ0v) is 11.4. The lowest BCUT2D eigenvalue weighted by molar-refractivity contribution is 0.242. The van der Waals surface area contributed by atoms with Gasteiger partial charge in [0.1, 0.15) is 5.82 Å². The summed E-state index contributed by atoms with van der Waals surface area (Å²) in [6.07, 6.45) is 1.62. The highest BCUT2D eigenvalue weighted by molar-refractivity contribution is 7.13. The average molecular weight is 279 g/mol. The number of nitrogens with zero attached hydrogens (tertiary/aromatic N) is 1. The Morgan fingerprint density at radius 3 is 2.58 bits per heavy atom. The summed E-state index contributed by atoms with van der Waals surface area (Å²) in [5.41, 5.74) is 0.220. The van der Waals surface area contributed by atoms with Crippen molar-refractivity contribution < 1.29 is 9.18 Å². The van der Waals surface area contributed by atoms with Crippen molar-refractivity contribution in [2.24, 2.45) is 0 Å². The SMILES string of the molecule is CC(C)(NC(=O)Nc1nccs1)c1ccc(F)cc1. The van der Waals surface area contributed by atoms with E-state index in [0.717, 1.165) is 5.56 Å². The topological polar surface area (TPSA) is 54.0 Å². The second kappa shape index (κ2) is 5.36. The van der Waals surface area contributed by atoms with Crippen LogP contribution in [0.15, 0.2) is 35.8 Å². The van der Waals surface area contributed by atoms with Crippen LogP contribution in [0.25, 0.3) is 0 Å². The van der Waals surface area contributed by atoms with Gasteiger partial charge in [-0.05, 0) is 31.5 Å². The van der Waals surface area contributed by atoms with Crippen molar-refractivity contribution in [1.29, 1.82) is 0 Å². The second-order valence-electron chi connectivity index (χ2n) is 4.55. The minimum atomic E-state index is -0.602. The molecule has 1 aromatic carbocycles. The van der Waals surface area contributed by atoms with E-state index >= 15 is 0 Å². The van der Waals surface area contributed by atoms with Gasteiger partial charge in [0, 0.05) is 11.6 Å². The Morgan fingerprint density at radius 2 is 2.00 bits per heavy atom. The summed E-state index contributed by atoms with van der Waals surface area (Å²) in [6, 6.07) is 5.71. The minimum Gasteiger partial charge on any atom is -0.329 e. The highest BCUT2D eigenvalue weighted by atomic mass is 32.1. The lowest BCUT2D eigenvalue weighted by Gasteiger charge is -2.26. The molecule has 0 bridgehead atoms. The first-order valence-corrected chi connectivity index (χ1v) is 6.60. The highest BCUT2D eigenvalue weighted by Crippen LogP contribution is 2.20. The fraction of sp³-hybridized carbons (Fsp3) is 0.231. The normalized spacial score (nSPS) is 11.1. The first-order valence-electron chi connectivity index (χ1n) is 5.72. The highest BCUT2D eigenvalue weighted by Gasteiger charge is 2.23. The van der Waals surface area contributed by atoms with E-state index < -0.39 is 5.54 Å². The molecule has 0 saturated carbocycles. The molecule has 6 heteroatoms. The van der Waals surface area contributed by atoms with Crippen molar-refractivity contribution in [1.82, 2.24) is 10.3 Å². The number of urea groups is 1. The van der Waals surface area contributed by atoms with Gasteiger partial charge in [0.15, 0.2) is 5.13 Å². The van der Waals surface area contributed by atoms with Gasteiger partial charge in [0.05, 0.1) is 5.54 Å². The van der Waals surface area contributed by atoms with E-state index in [-0.39, 0.29) is 11.8 Å². The van der Waals surface area contributed by atoms with Gasteiger partial charge >= 0.3 is 6.03 Å². The number of hydrogen-bond donors (Lipinski definition) is 2. The van der Waals surface area contributed by atoms with Crippen LogP contribution in [0.4, 0.5) is 14.3 Å². The van der Waals surface area contributed by atoms with Gasteiger partial charge in [-0.15, -0.1) is 11.3 Å². The van der Waals surface area contributed by atoms with Crippen LogP contribution in [0.3, 0.4) is 0 Å². The molecular weight excluding hydrogens is 265 g/mol. The van der Waals surface area contributed by atoms with Crippen LogP contribution < -0.4 is 10.6 Å². The molecule has 4 nitrogen and oxygen atoms in total. The summed E-state index contributed by atoms with van der Waals surface area (Å²) in [7, 11) is 0. The van der Waals surface area contributed by atoms with Crippen molar-refractivity contribution in [3.05, 3.63) is 47.2 Å². The summed E-state index contributed by atoms with van der Waals surface area (Å²) in [5, 5.41) is 7.78. The summed E-state index contributed by atoms with van der Waals surface area (Å²) in [6.45, 7) is 3.70. The number of rotatable bonds is 3. The van der Waals surface area contributed by atoms with Gasteiger partial charge < -0.3 is 5.32 Å². The fourth-order valence-electron chi connectivity index (χ4n) is 1.64. The van der Waals surface area contributed by atoms with E-state index in [2.05, 4.69) is 15.6 Å². The third-order valence-corrected chi connectivity index (χ3v) is 3.33. The maximum Gasteiger partial charge on any atom is 0.321 e. The van der Waals surface area contributed by atoms with Gasteiger partial charge in [-0.2, -0.15) is 0 Å². The number of carbonyl (C=O) groups excluding carboxylic acids is 1. The van der Waals surface area contributed by atoms with Crippen LogP contribution in [0.1, 0.15) is 19.4 Å². The maximum absolute atomic E-state index is 12.9. The number of nitrogens with one attached hydrogen (secondary N) is 2. The number of halogens is 1. The van der Waals surface area contributed by atoms with Crippen LogP contribution in [-0.4, -0.2) is 11.0 Å². The Kier molecular flexibility index (Phi) is 3.80. The first-order chi connectivity index (χ1) is 8.97. The lowest BCUT2D eigenvalue weighted by Crippen LogP contribution is -2.43. The van der Waals surface area contributed by atoms with E-state index in [1.54, 1.807) is 23.7 Å². The lowest BCUT2D eigenvalue weighted by atomic mass is 9.94. The van der Waals surface area contributed by atoms with Crippen molar-refractivity contribution in [2.75, 3.05) is 5.32 Å². The molecule has 0 radical (unpaired) electrons. The number of benzene rings is 1. The number of carbonyl (C=O) groups is 1. The third-order valence-electron chi connectivity index (χ3n) is 2.64. The molecule has 0 aliphatic rings. The van der Waals surface area contributed by atoms with E-state index in [4.69, 9.17) is 0 Å². The first kappa shape index (κ1) is 13.5. The third kappa shape index (κ3) is 3.51. The maximum atomic E-state index is 12.9. The molecule has 0 aliphatic heterocycles. The predicted molar refractivity (Wildman–Crippen MR) is 73.7 cm³/mol. The average Bonchev–Trinajstić information content (AvgIpc) is 2.81. The molecule has 2 N–H and O–H groups in total.